The van der Waals surface area contributed by atoms with E-state index in [4.69, 9.17) is 9.47 Å². The van der Waals surface area contributed by atoms with Crippen LogP contribution in [-0.4, -0.2) is 34.9 Å². The second kappa shape index (κ2) is 8.49. The molecule has 3 aromatic rings. The van der Waals surface area contributed by atoms with Crippen LogP contribution < -0.4 is 4.74 Å². The lowest BCUT2D eigenvalue weighted by Gasteiger charge is -2.02. The van der Waals surface area contributed by atoms with Crippen LogP contribution in [0.4, 0.5) is 0 Å². The van der Waals surface area contributed by atoms with Gasteiger partial charge in [-0.3, -0.25) is 9.59 Å². The first-order valence-electron chi connectivity index (χ1n) is 8.94. The molecule has 6 nitrogen and oxygen atoms in total. The molecule has 2 heterocycles. The first-order valence-corrected chi connectivity index (χ1v) is 8.94. The van der Waals surface area contributed by atoms with Gasteiger partial charge in [-0.1, -0.05) is 6.07 Å². The molecule has 2 aromatic heterocycles. The number of hydrogen-bond acceptors (Lipinski definition) is 5. The van der Waals surface area contributed by atoms with Gasteiger partial charge in [0.1, 0.15) is 17.3 Å². The summed E-state index contributed by atoms with van der Waals surface area (Å²) in [5, 5.41) is 0. The van der Waals surface area contributed by atoms with Gasteiger partial charge in [0, 0.05) is 24.6 Å². The van der Waals surface area contributed by atoms with E-state index in [1.165, 1.54) is 0 Å². The molecule has 0 saturated heterocycles. The molecule has 0 unspecified atom stereocenters. The second-order valence-electron chi connectivity index (χ2n) is 6.05. The Bertz CT molecular complexity index is 944. The van der Waals surface area contributed by atoms with Gasteiger partial charge < -0.3 is 13.9 Å². The van der Waals surface area contributed by atoms with Crippen LogP contribution in [0.15, 0.2) is 48.7 Å². The van der Waals surface area contributed by atoms with Gasteiger partial charge in [0.25, 0.3) is 0 Å². The van der Waals surface area contributed by atoms with E-state index in [0.29, 0.717) is 42.9 Å². The van der Waals surface area contributed by atoms with Crippen molar-refractivity contribution in [1.29, 1.82) is 0 Å². The van der Waals surface area contributed by atoms with Gasteiger partial charge in [0.15, 0.2) is 0 Å². The fourth-order valence-corrected chi connectivity index (χ4v) is 2.95. The number of esters is 1. The normalized spacial score (nSPS) is 10.7. The Kier molecular flexibility index (Phi) is 5.86. The molecule has 27 heavy (non-hydrogen) atoms. The number of benzene rings is 1. The number of pyridine rings is 1. The fraction of sp³-hybridized carbons (Fsp3) is 0.286. The fourth-order valence-electron chi connectivity index (χ4n) is 2.95. The summed E-state index contributed by atoms with van der Waals surface area (Å²) in [4.78, 5) is 29.1. The Hall–Kier alpha value is -3.15. The van der Waals surface area contributed by atoms with Gasteiger partial charge in [-0.25, -0.2) is 4.98 Å². The van der Waals surface area contributed by atoms with Crippen molar-refractivity contribution in [2.45, 2.75) is 26.2 Å². The van der Waals surface area contributed by atoms with Crippen LogP contribution in [0.2, 0.25) is 0 Å². The number of ether oxygens (including phenoxy) is 2. The average molecular weight is 366 g/mol. The molecule has 0 aliphatic heterocycles. The molecule has 0 radical (unpaired) electrons. The van der Waals surface area contributed by atoms with E-state index in [0.717, 1.165) is 11.3 Å². The lowest BCUT2D eigenvalue weighted by atomic mass is 10.1. The van der Waals surface area contributed by atoms with Gasteiger partial charge in [-0.15, -0.1) is 0 Å². The maximum Gasteiger partial charge on any atom is 0.305 e. The van der Waals surface area contributed by atoms with Crippen molar-refractivity contribution >= 4 is 17.3 Å². The Morgan fingerprint density at radius 2 is 1.89 bits per heavy atom. The van der Waals surface area contributed by atoms with Crippen LogP contribution in [0.25, 0.3) is 5.52 Å². The molecule has 0 N–H and O–H groups in total. The molecular weight excluding hydrogens is 344 g/mol. The molecular formula is C21H22N2O4. The maximum atomic E-state index is 12.9. The summed E-state index contributed by atoms with van der Waals surface area (Å²) in [6.45, 7) is 2.17. The monoisotopic (exact) mass is 366 g/mol. The SMILES string of the molecule is CCOC(=O)CCCc1nc(C(=O)c2ccc(OC)cc2)c2ccccn12. The number of rotatable bonds is 8. The third-order valence-corrected chi connectivity index (χ3v) is 4.28. The average Bonchev–Trinajstić information content (AvgIpc) is 3.06. The summed E-state index contributed by atoms with van der Waals surface area (Å²) in [7, 11) is 1.59. The van der Waals surface area contributed by atoms with E-state index >= 15 is 0 Å². The van der Waals surface area contributed by atoms with Crippen molar-refractivity contribution in [2.24, 2.45) is 0 Å². The molecule has 0 aliphatic carbocycles. The topological polar surface area (TPSA) is 69.9 Å². The number of carbonyl (C=O) groups excluding carboxylic acids is 2. The molecule has 0 fully saturated rings. The molecule has 0 amide bonds. The summed E-state index contributed by atoms with van der Waals surface area (Å²) < 4.78 is 12.0. The van der Waals surface area contributed by atoms with E-state index < -0.39 is 0 Å². The zero-order valence-electron chi connectivity index (χ0n) is 15.5. The first kappa shape index (κ1) is 18.6. The van der Waals surface area contributed by atoms with Crippen molar-refractivity contribution < 1.29 is 19.1 Å². The van der Waals surface area contributed by atoms with Crippen LogP contribution in [0.3, 0.4) is 0 Å². The van der Waals surface area contributed by atoms with E-state index in [9.17, 15) is 9.59 Å². The minimum absolute atomic E-state index is 0.141. The van der Waals surface area contributed by atoms with E-state index in [-0.39, 0.29) is 11.8 Å². The van der Waals surface area contributed by atoms with Crippen LogP contribution >= 0.6 is 0 Å². The summed E-state index contributed by atoms with van der Waals surface area (Å²) >= 11 is 0. The number of fused-ring (bicyclic) bond motifs is 1. The molecule has 0 bridgehead atoms. The van der Waals surface area contributed by atoms with E-state index in [1.807, 2.05) is 28.8 Å². The molecule has 6 heteroatoms. The highest BCUT2D eigenvalue weighted by Gasteiger charge is 2.19. The van der Waals surface area contributed by atoms with Crippen molar-refractivity contribution in [3.8, 4) is 5.75 Å². The quantitative estimate of drug-likeness (QED) is 0.451. The molecule has 0 aliphatic rings. The van der Waals surface area contributed by atoms with Crippen molar-refractivity contribution in [1.82, 2.24) is 9.38 Å². The van der Waals surface area contributed by atoms with Gasteiger partial charge >= 0.3 is 5.97 Å². The minimum Gasteiger partial charge on any atom is -0.497 e. The smallest absolute Gasteiger partial charge is 0.305 e. The predicted molar refractivity (Wildman–Crippen MR) is 101 cm³/mol. The number of hydrogen-bond donors (Lipinski definition) is 0. The highest BCUT2D eigenvalue weighted by molar-refractivity contribution is 6.11. The summed E-state index contributed by atoms with van der Waals surface area (Å²) in [6.07, 6.45) is 3.41. The zero-order valence-corrected chi connectivity index (χ0v) is 15.5. The third-order valence-electron chi connectivity index (χ3n) is 4.28. The largest absolute Gasteiger partial charge is 0.497 e. The maximum absolute atomic E-state index is 12.9. The van der Waals surface area contributed by atoms with Crippen molar-refractivity contribution in [3.05, 3.63) is 65.7 Å². The summed E-state index contributed by atoms with van der Waals surface area (Å²) in [5.74, 6) is 1.10. The van der Waals surface area contributed by atoms with Gasteiger partial charge in [0.2, 0.25) is 5.78 Å². The number of methoxy groups -OCH3 is 1. The molecule has 0 atom stereocenters. The Morgan fingerprint density at radius 1 is 1.11 bits per heavy atom. The number of nitrogens with zero attached hydrogens (tertiary/aromatic N) is 2. The molecule has 3 rings (SSSR count). The highest BCUT2D eigenvalue weighted by Crippen LogP contribution is 2.20. The lowest BCUT2D eigenvalue weighted by molar-refractivity contribution is -0.143. The van der Waals surface area contributed by atoms with Crippen molar-refractivity contribution in [2.75, 3.05) is 13.7 Å². The van der Waals surface area contributed by atoms with E-state index in [2.05, 4.69) is 4.98 Å². The molecule has 0 spiro atoms. The standard InChI is InChI=1S/C21H22N2O4/c1-3-27-19(24)9-6-8-18-22-20(17-7-4-5-14-23(17)18)21(25)15-10-12-16(26-2)13-11-15/h4-5,7,10-14H,3,6,8-9H2,1-2H3. The number of carbonyl (C=O) groups is 2. The number of imidazole rings is 1. The molecule has 140 valence electrons. The number of ketones is 1. The predicted octanol–water partition coefficient (Wildman–Crippen LogP) is 3.46. The Balaban J connectivity index is 1.85. The van der Waals surface area contributed by atoms with Gasteiger partial charge in [0.05, 0.1) is 19.2 Å². The minimum atomic E-state index is -0.215. The Labute approximate surface area is 157 Å². The number of aryl methyl sites for hydroxylation is 1. The highest BCUT2D eigenvalue weighted by atomic mass is 16.5. The summed E-state index contributed by atoms with van der Waals surface area (Å²) in [6, 6.07) is 12.6. The Morgan fingerprint density at radius 3 is 2.59 bits per heavy atom. The number of aromatic nitrogens is 2. The van der Waals surface area contributed by atoms with Gasteiger partial charge in [-0.05, 0) is 49.7 Å². The van der Waals surface area contributed by atoms with Crippen LogP contribution in [0.1, 0.15) is 41.6 Å². The van der Waals surface area contributed by atoms with Crippen LogP contribution in [-0.2, 0) is 16.0 Å². The molecule has 0 saturated carbocycles. The van der Waals surface area contributed by atoms with E-state index in [1.54, 1.807) is 38.3 Å². The third kappa shape index (κ3) is 4.16. The molecule has 1 aromatic carbocycles. The summed E-state index contributed by atoms with van der Waals surface area (Å²) in [5.41, 5.74) is 1.72. The lowest BCUT2D eigenvalue weighted by Crippen LogP contribution is -2.05. The van der Waals surface area contributed by atoms with Crippen molar-refractivity contribution in [3.63, 3.8) is 0 Å². The first-order chi connectivity index (χ1) is 13.1. The van der Waals surface area contributed by atoms with Crippen LogP contribution in [0.5, 0.6) is 5.75 Å². The van der Waals surface area contributed by atoms with Crippen LogP contribution in [0, 0.1) is 0 Å². The zero-order chi connectivity index (χ0) is 19.2. The van der Waals surface area contributed by atoms with Gasteiger partial charge in [-0.2, -0.15) is 0 Å². The second-order valence-corrected chi connectivity index (χ2v) is 6.05.